The second-order valence-corrected chi connectivity index (χ2v) is 15.2. The SMILES string of the molecule is CC(C)S(=O)(=O)c1cnncc1Cn1c(=O)c(C(=O)C2CC2)cc2cnc(Cc3ccc(N4CCN5CCCC5C4)cc3)nc21. The third-order valence-electron chi connectivity index (χ3n) is 9.37. The molecule has 1 aromatic carbocycles. The number of ketones is 1. The number of anilines is 1. The molecular formula is C33H37N7O4S. The first-order valence-corrected chi connectivity index (χ1v) is 17.3. The molecular weight excluding hydrogens is 590 g/mol. The van der Waals surface area contributed by atoms with E-state index in [9.17, 15) is 18.0 Å². The van der Waals surface area contributed by atoms with Gasteiger partial charge < -0.3 is 4.90 Å². The normalized spacial score (nSPS) is 18.9. The van der Waals surface area contributed by atoms with Gasteiger partial charge in [-0.2, -0.15) is 10.2 Å². The molecule has 4 aromatic rings. The molecule has 0 radical (unpaired) electrons. The molecule has 1 atom stereocenters. The number of aromatic nitrogens is 5. The van der Waals surface area contributed by atoms with Gasteiger partial charge in [0.2, 0.25) is 0 Å². The van der Waals surface area contributed by atoms with Crippen molar-refractivity contribution in [3.05, 3.63) is 81.8 Å². The first-order valence-electron chi connectivity index (χ1n) is 15.7. The first kappa shape index (κ1) is 29.7. The van der Waals surface area contributed by atoms with Crippen LogP contribution < -0.4 is 10.5 Å². The van der Waals surface area contributed by atoms with Gasteiger partial charge in [-0.15, -0.1) is 0 Å². The molecule has 1 aliphatic carbocycles. The predicted octanol–water partition coefficient (Wildman–Crippen LogP) is 3.28. The van der Waals surface area contributed by atoms with Crippen LogP contribution in [0.3, 0.4) is 0 Å². The van der Waals surface area contributed by atoms with E-state index in [1.807, 2.05) is 0 Å². The molecule has 3 fully saturated rings. The fraction of sp³-hybridized carbons (Fsp3) is 0.455. The maximum absolute atomic E-state index is 13.9. The van der Waals surface area contributed by atoms with E-state index in [1.54, 1.807) is 26.1 Å². The van der Waals surface area contributed by atoms with Crippen LogP contribution in [0.5, 0.6) is 0 Å². The molecule has 1 saturated carbocycles. The zero-order chi connectivity index (χ0) is 31.3. The Balaban J connectivity index is 1.22. The summed E-state index contributed by atoms with van der Waals surface area (Å²) in [4.78, 5) is 41.5. The van der Waals surface area contributed by atoms with Crippen LogP contribution >= 0.6 is 0 Å². The Kier molecular flexibility index (Phi) is 7.73. The molecule has 234 valence electrons. The summed E-state index contributed by atoms with van der Waals surface area (Å²) in [5, 5.41) is 7.57. The summed E-state index contributed by atoms with van der Waals surface area (Å²) in [7, 11) is -3.71. The van der Waals surface area contributed by atoms with Gasteiger partial charge in [0.25, 0.3) is 5.56 Å². The van der Waals surface area contributed by atoms with Gasteiger partial charge in [0.1, 0.15) is 11.5 Å². The van der Waals surface area contributed by atoms with Crippen LogP contribution in [0.4, 0.5) is 5.69 Å². The van der Waals surface area contributed by atoms with Crippen molar-refractivity contribution in [1.82, 2.24) is 29.6 Å². The largest absolute Gasteiger partial charge is 0.369 e. The number of carbonyl (C=O) groups excluding carboxylic acids is 1. The summed E-state index contributed by atoms with van der Waals surface area (Å²) in [5.74, 6) is 0.164. The molecule has 2 saturated heterocycles. The van der Waals surface area contributed by atoms with Crippen LogP contribution in [-0.2, 0) is 22.8 Å². The van der Waals surface area contributed by atoms with Gasteiger partial charge in [0.05, 0.1) is 34.6 Å². The van der Waals surface area contributed by atoms with E-state index in [2.05, 4.69) is 49.2 Å². The lowest BCUT2D eigenvalue weighted by molar-refractivity contribution is 0.0966. The number of nitrogens with zero attached hydrogens (tertiary/aromatic N) is 7. The summed E-state index contributed by atoms with van der Waals surface area (Å²) in [6.45, 7) is 7.47. The minimum Gasteiger partial charge on any atom is -0.369 e. The maximum Gasteiger partial charge on any atom is 0.263 e. The number of carbonyl (C=O) groups is 1. The highest BCUT2D eigenvalue weighted by Gasteiger charge is 2.33. The molecule has 2 aliphatic heterocycles. The summed E-state index contributed by atoms with van der Waals surface area (Å²) in [6.07, 6.45) is 8.73. The average Bonchev–Trinajstić information content (AvgIpc) is 3.79. The van der Waals surface area contributed by atoms with Crippen LogP contribution in [0, 0.1) is 5.92 Å². The van der Waals surface area contributed by atoms with E-state index in [1.165, 1.54) is 42.0 Å². The molecule has 0 amide bonds. The number of piperazine rings is 1. The first-order chi connectivity index (χ1) is 21.7. The molecule has 7 rings (SSSR count). The Labute approximate surface area is 262 Å². The van der Waals surface area contributed by atoms with Crippen LogP contribution in [-0.4, -0.2) is 81.3 Å². The zero-order valence-electron chi connectivity index (χ0n) is 25.6. The fourth-order valence-electron chi connectivity index (χ4n) is 6.54. The van der Waals surface area contributed by atoms with Crippen molar-refractivity contribution in [3.63, 3.8) is 0 Å². The quantitative estimate of drug-likeness (QED) is 0.255. The number of hydrogen-bond donors (Lipinski definition) is 0. The van der Waals surface area contributed by atoms with E-state index in [-0.39, 0.29) is 28.7 Å². The van der Waals surface area contributed by atoms with Crippen LogP contribution in [0.2, 0.25) is 0 Å². The fourth-order valence-corrected chi connectivity index (χ4v) is 7.72. The Morgan fingerprint density at radius 3 is 2.53 bits per heavy atom. The summed E-state index contributed by atoms with van der Waals surface area (Å²) in [6, 6.07) is 10.7. The van der Waals surface area contributed by atoms with Crippen molar-refractivity contribution in [2.75, 3.05) is 31.1 Å². The average molecular weight is 628 g/mol. The Morgan fingerprint density at radius 2 is 1.78 bits per heavy atom. The molecule has 0 spiro atoms. The Hall–Kier alpha value is -4.03. The van der Waals surface area contributed by atoms with Gasteiger partial charge in [-0.05, 0) is 69.8 Å². The number of fused-ring (bicyclic) bond motifs is 2. The van der Waals surface area contributed by atoms with Gasteiger partial charge in [-0.3, -0.25) is 19.1 Å². The number of sulfone groups is 1. The van der Waals surface area contributed by atoms with Crippen molar-refractivity contribution in [1.29, 1.82) is 0 Å². The number of Topliss-reactive ketones (excluding diaryl/α,β-unsaturated/α-hetero) is 1. The highest BCUT2D eigenvalue weighted by Crippen LogP contribution is 2.32. The van der Waals surface area contributed by atoms with Gasteiger partial charge >= 0.3 is 0 Å². The van der Waals surface area contributed by atoms with Gasteiger partial charge in [-0.1, -0.05) is 12.1 Å². The monoisotopic (exact) mass is 627 g/mol. The lowest BCUT2D eigenvalue weighted by atomic mass is 10.1. The summed E-state index contributed by atoms with van der Waals surface area (Å²) < 4.78 is 27.7. The van der Waals surface area contributed by atoms with E-state index >= 15 is 0 Å². The molecule has 1 unspecified atom stereocenters. The van der Waals surface area contributed by atoms with E-state index in [4.69, 9.17) is 4.98 Å². The molecule has 0 N–H and O–H groups in total. The Morgan fingerprint density at radius 1 is 1.00 bits per heavy atom. The number of hydrogen-bond acceptors (Lipinski definition) is 10. The highest BCUT2D eigenvalue weighted by atomic mass is 32.2. The standard InChI is InChI=1S/C33H37N7O4S/c1-21(2)45(43,44)29-18-36-35-17-25(29)19-40-32-24(15-28(33(40)42)31(41)23-7-8-23)16-34-30(37-32)14-22-5-9-26(10-6-22)39-13-12-38-11-3-4-27(38)20-39/h5-6,9-10,15-18,21,23,27H,3-4,7-8,11-14,19-20H2,1-2H3. The van der Waals surface area contributed by atoms with Crippen molar-refractivity contribution >= 4 is 32.3 Å². The Bertz CT molecular complexity index is 1940. The predicted molar refractivity (Wildman–Crippen MR) is 170 cm³/mol. The van der Waals surface area contributed by atoms with Crippen molar-refractivity contribution in [2.45, 2.75) is 68.7 Å². The van der Waals surface area contributed by atoms with Crippen LogP contribution in [0.25, 0.3) is 11.0 Å². The minimum atomic E-state index is -3.71. The topological polar surface area (TPSA) is 131 Å². The zero-order valence-corrected chi connectivity index (χ0v) is 26.4. The summed E-state index contributed by atoms with van der Waals surface area (Å²) >= 11 is 0. The molecule has 45 heavy (non-hydrogen) atoms. The number of pyridine rings is 1. The van der Waals surface area contributed by atoms with Gasteiger partial charge in [-0.25, -0.2) is 18.4 Å². The molecule has 3 aromatic heterocycles. The molecule has 11 nitrogen and oxygen atoms in total. The summed E-state index contributed by atoms with van der Waals surface area (Å²) in [5.41, 5.74) is 2.48. The van der Waals surface area contributed by atoms with E-state index in [0.29, 0.717) is 34.9 Å². The van der Waals surface area contributed by atoms with Crippen molar-refractivity contribution in [2.24, 2.45) is 5.92 Å². The molecule has 5 heterocycles. The number of rotatable bonds is 9. The molecule has 0 bridgehead atoms. The second-order valence-electron chi connectivity index (χ2n) is 12.7. The van der Waals surface area contributed by atoms with Gasteiger partial charge in [0.15, 0.2) is 15.6 Å². The van der Waals surface area contributed by atoms with Crippen molar-refractivity contribution < 1.29 is 13.2 Å². The third kappa shape index (κ3) is 5.77. The lowest BCUT2D eigenvalue weighted by Crippen LogP contribution is -2.50. The molecule has 12 heteroatoms. The maximum atomic E-state index is 13.9. The van der Waals surface area contributed by atoms with E-state index < -0.39 is 20.6 Å². The minimum absolute atomic E-state index is 0.00943. The number of benzene rings is 1. The second kappa shape index (κ2) is 11.7. The van der Waals surface area contributed by atoms with Crippen molar-refractivity contribution in [3.8, 4) is 0 Å². The molecule has 3 aliphatic rings. The van der Waals surface area contributed by atoms with E-state index in [0.717, 1.165) is 38.0 Å². The smallest absolute Gasteiger partial charge is 0.263 e. The van der Waals surface area contributed by atoms with Crippen LogP contribution in [0.15, 0.2) is 58.6 Å². The third-order valence-corrected chi connectivity index (χ3v) is 11.6. The van der Waals surface area contributed by atoms with Gasteiger partial charge in [0, 0.05) is 60.8 Å². The lowest BCUT2D eigenvalue weighted by Gasteiger charge is -2.38. The highest BCUT2D eigenvalue weighted by molar-refractivity contribution is 7.92. The van der Waals surface area contributed by atoms with Crippen LogP contribution in [0.1, 0.15) is 66.8 Å².